The summed E-state index contributed by atoms with van der Waals surface area (Å²) in [6.45, 7) is 14.4. The van der Waals surface area contributed by atoms with Gasteiger partial charge in [-0.25, -0.2) is 24.3 Å². The van der Waals surface area contributed by atoms with Crippen molar-refractivity contribution in [3.05, 3.63) is 59.7 Å². The summed E-state index contributed by atoms with van der Waals surface area (Å²) in [5.41, 5.74) is 3.17. The molecule has 0 amide bonds. The van der Waals surface area contributed by atoms with E-state index in [2.05, 4.69) is 90.1 Å². The fourth-order valence-corrected chi connectivity index (χ4v) is 6.44. The Bertz CT molecular complexity index is 656. The molecule has 2 aliphatic carbocycles. The van der Waals surface area contributed by atoms with Crippen molar-refractivity contribution in [2.24, 2.45) is 35.5 Å². The van der Waals surface area contributed by atoms with Gasteiger partial charge in [-0.1, -0.05) is 91.9 Å². The Labute approximate surface area is 221 Å². The van der Waals surface area contributed by atoms with Crippen LogP contribution in [0, 0.1) is 35.5 Å². The molecule has 2 saturated carbocycles. The van der Waals surface area contributed by atoms with E-state index in [0.717, 1.165) is 47.3 Å². The summed E-state index contributed by atoms with van der Waals surface area (Å²) < 4.78 is 0. The molecule has 0 N–H and O–H groups in total. The maximum absolute atomic E-state index is 4.89. The zero-order valence-corrected chi connectivity index (χ0v) is 24.8. The first-order valence-corrected chi connectivity index (χ1v) is 17.5. The third-order valence-corrected chi connectivity index (χ3v) is 8.28. The van der Waals surface area contributed by atoms with Crippen molar-refractivity contribution >= 4 is 18.6 Å². The number of hydrogen-bond donors (Lipinski definition) is 0. The molecule has 0 heterocycles. The van der Waals surface area contributed by atoms with Crippen LogP contribution in [0.15, 0.2) is 48.5 Å². The van der Waals surface area contributed by atoms with E-state index in [9.17, 15) is 0 Å². The van der Waals surface area contributed by atoms with Crippen LogP contribution < -0.4 is 0 Å². The molecule has 0 spiro atoms. The molecule has 2 aromatic rings. The predicted octanol–water partition coefficient (Wildman–Crippen LogP) is 10.5. The number of hydrogen-bond acceptors (Lipinski definition) is 0. The van der Waals surface area contributed by atoms with Gasteiger partial charge < -0.3 is 0 Å². The molecule has 3 heteroatoms. The van der Waals surface area contributed by atoms with Crippen LogP contribution >= 0.6 is 18.6 Å². The fraction of sp³-hybridized carbons (Fsp3) is 0.667. The van der Waals surface area contributed by atoms with Gasteiger partial charge in [0.15, 0.2) is 0 Å². The van der Waals surface area contributed by atoms with E-state index in [1.807, 2.05) is 0 Å². The van der Waals surface area contributed by atoms with Gasteiger partial charge in [-0.3, -0.25) is 0 Å². The van der Waals surface area contributed by atoms with Crippen molar-refractivity contribution in [3.8, 4) is 0 Å². The van der Waals surface area contributed by atoms with Crippen molar-refractivity contribution < 1.29 is 17.0 Å². The molecule has 186 valence electrons. The Morgan fingerprint density at radius 3 is 1.21 bits per heavy atom. The Balaban J connectivity index is 0.000000209. The quantitative estimate of drug-likeness (QED) is 0.275. The average Bonchev–Trinajstić information content (AvgIpc) is 3.49. The molecule has 6 unspecified atom stereocenters. The zero-order chi connectivity index (χ0) is 24.4. The van der Waals surface area contributed by atoms with Gasteiger partial charge in [0.1, 0.15) is 0 Å². The van der Waals surface area contributed by atoms with Crippen LogP contribution in [0.2, 0.25) is 0 Å². The van der Waals surface area contributed by atoms with E-state index < -0.39 is 17.0 Å². The van der Waals surface area contributed by atoms with Gasteiger partial charge in [-0.15, -0.1) is 0 Å². The molecule has 0 bridgehead atoms. The normalized spacial score (nSPS) is 29.6. The molecule has 2 aliphatic rings. The maximum atomic E-state index is 4.89. The van der Waals surface area contributed by atoms with Crippen LogP contribution in [-0.2, 0) is 17.0 Å². The number of halogens is 2. The Morgan fingerprint density at radius 1 is 0.636 bits per heavy atom. The SMILES string of the molecule is CC1CCC(C(C)C)C([c-]2cccc2)C1.CC1CCC(C(C)C)C([c-]2cccc2)C1.[Cl][Ti][Cl]. The molecule has 2 fully saturated rings. The van der Waals surface area contributed by atoms with Gasteiger partial charge in [-0.05, 0) is 35.5 Å². The molecule has 6 atom stereocenters. The molecule has 0 aliphatic heterocycles. The first-order chi connectivity index (χ1) is 15.8. The zero-order valence-electron chi connectivity index (χ0n) is 21.7. The van der Waals surface area contributed by atoms with E-state index >= 15 is 0 Å². The molecular weight excluding hydrogens is 479 g/mol. The molecule has 0 radical (unpaired) electrons. The average molecular weight is 525 g/mol. The molecule has 0 saturated heterocycles. The second kappa shape index (κ2) is 15.2. The predicted molar refractivity (Wildman–Crippen MR) is 144 cm³/mol. The van der Waals surface area contributed by atoms with Crippen LogP contribution in [0.5, 0.6) is 0 Å². The Kier molecular flexibility index (Phi) is 13.4. The molecule has 0 nitrogen and oxygen atoms in total. The molecule has 0 aromatic heterocycles. The van der Waals surface area contributed by atoms with Gasteiger partial charge in [0.25, 0.3) is 0 Å². The molecule has 2 aromatic carbocycles. The van der Waals surface area contributed by atoms with Crippen LogP contribution in [0.25, 0.3) is 0 Å². The molecular formula is C30H46Cl2Ti-2. The monoisotopic (exact) mass is 524 g/mol. The summed E-state index contributed by atoms with van der Waals surface area (Å²) in [6, 6.07) is 18.0. The molecule has 4 rings (SSSR count). The Morgan fingerprint density at radius 2 is 0.939 bits per heavy atom. The van der Waals surface area contributed by atoms with E-state index in [0.29, 0.717) is 0 Å². The van der Waals surface area contributed by atoms with E-state index in [1.54, 1.807) is 11.1 Å². The Hall–Kier alpha value is -0.00571. The first kappa shape index (κ1) is 29.2. The van der Waals surface area contributed by atoms with Crippen LogP contribution in [-0.4, -0.2) is 0 Å². The van der Waals surface area contributed by atoms with E-state index in [4.69, 9.17) is 18.6 Å². The third kappa shape index (κ3) is 9.18. The van der Waals surface area contributed by atoms with Gasteiger partial charge in [-0.2, -0.15) is 35.4 Å². The first-order valence-electron chi connectivity index (χ1n) is 13.2. The van der Waals surface area contributed by atoms with Gasteiger partial charge >= 0.3 is 35.6 Å². The summed E-state index contributed by atoms with van der Waals surface area (Å²) in [4.78, 5) is 0. The molecule has 33 heavy (non-hydrogen) atoms. The van der Waals surface area contributed by atoms with Gasteiger partial charge in [0, 0.05) is 0 Å². The van der Waals surface area contributed by atoms with Gasteiger partial charge in [0.05, 0.1) is 0 Å². The third-order valence-electron chi connectivity index (χ3n) is 8.28. The van der Waals surface area contributed by atoms with Crippen LogP contribution in [0.3, 0.4) is 0 Å². The summed E-state index contributed by atoms with van der Waals surface area (Å²) in [6.07, 6.45) is 8.50. The van der Waals surface area contributed by atoms with Gasteiger partial charge in [0.2, 0.25) is 0 Å². The summed E-state index contributed by atoms with van der Waals surface area (Å²) in [5.74, 6) is 6.95. The van der Waals surface area contributed by atoms with Crippen molar-refractivity contribution in [2.45, 2.75) is 91.9 Å². The van der Waals surface area contributed by atoms with Crippen molar-refractivity contribution in [1.29, 1.82) is 0 Å². The second-order valence-electron chi connectivity index (χ2n) is 11.4. The van der Waals surface area contributed by atoms with Crippen molar-refractivity contribution in [2.75, 3.05) is 0 Å². The summed E-state index contributed by atoms with van der Waals surface area (Å²) in [5, 5.41) is 0. The topological polar surface area (TPSA) is 0 Å². The van der Waals surface area contributed by atoms with E-state index in [1.165, 1.54) is 38.5 Å². The minimum absolute atomic E-state index is 0.556. The standard InChI is InChI=1S/2C15H23.2ClH.Ti/c2*1-11(2)14-9-8-12(3)10-15(14)13-6-4-5-7-13;;;/h2*4-7,11-12,14-15H,8-10H2,1-3H3;2*1H;/q2*-1;;;+2/p-2. The van der Waals surface area contributed by atoms with E-state index in [-0.39, 0.29) is 0 Å². The van der Waals surface area contributed by atoms with Crippen molar-refractivity contribution in [3.63, 3.8) is 0 Å². The van der Waals surface area contributed by atoms with Crippen molar-refractivity contribution in [1.82, 2.24) is 0 Å². The minimum atomic E-state index is -0.556. The fourth-order valence-electron chi connectivity index (χ4n) is 6.44. The second-order valence-corrected chi connectivity index (χ2v) is 14.0. The number of rotatable bonds is 4. The van der Waals surface area contributed by atoms with Crippen LogP contribution in [0.1, 0.15) is 103 Å². The summed E-state index contributed by atoms with van der Waals surface area (Å²) >= 11 is -0.556. The van der Waals surface area contributed by atoms with Crippen LogP contribution in [0.4, 0.5) is 0 Å². The summed E-state index contributed by atoms with van der Waals surface area (Å²) in [7, 11) is 9.78.